The third kappa shape index (κ3) is 2.59. The number of halogens is 1. The Kier molecular flexibility index (Phi) is 4.56. The Morgan fingerprint density at radius 2 is 1.86 bits per heavy atom. The molecular weight excluding hydrogens is 298 g/mol. The van der Waals surface area contributed by atoms with Crippen molar-refractivity contribution >= 4 is 11.6 Å². The molecule has 1 aromatic rings. The first-order valence-corrected chi connectivity index (χ1v) is 8.79. The minimum absolute atomic E-state index is 0.00137. The number of rotatable bonds is 3. The highest BCUT2D eigenvalue weighted by Crippen LogP contribution is 2.51. The summed E-state index contributed by atoms with van der Waals surface area (Å²) in [6, 6.07) is 1.94. The Balaban J connectivity index is 2.23. The predicted octanol–water partition coefficient (Wildman–Crippen LogP) is 4.40. The minimum Gasteiger partial charge on any atom is -0.489 e. The molecule has 1 saturated carbocycles. The van der Waals surface area contributed by atoms with E-state index in [0.29, 0.717) is 25.7 Å². The second-order valence-electron chi connectivity index (χ2n) is 6.87. The van der Waals surface area contributed by atoms with Crippen LogP contribution in [0.1, 0.15) is 63.0 Å². The van der Waals surface area contributed by atoms with Crippen LogP contribution >= 0.6 is 11.6 Å². The zero-order chi connectivity index (χ0) is 15.7. The van der Waals surface area contributed by atoms with Gasteiger partial charge in [-0.3, -0.25) is 0 Å². The molecule has 2 N–H and O–H groups in total. The highest BCUT2D eigenvalue weighted by atomic mass is 35.5. The average Bonchev–Trinajstić information content (AvgIpc) is 2.86. The molecule has 0 unspecified atom stereocenters. The van der Waals surface area contributed by atoms with Crippen LogP contribution in [0, 0.1) is 0 Å². The fourth-order valence-electron chi connectivity index (χ4n) is 4.00. The van der Waals surface area contributed by atoms with Gasteiger partial charge in [-0.25, -0.2) is 0 Å². The number of ether oxygens (including phenoxy) is 2. The summed E-state index contributed by atoms with van der Waals surface area (Å²) >= 11 is 6.72. The summed E-state index contributed by atoms with van der Waals surface area (Å²) in [4.78, 5) is 0. The molecule has 1 heterocycles. The number of fused-ring (bicyclic) bond motifs is 1. The summed E-state index contributed by atoms with van der Waals surface area (Å²) in [6.45, 7) is 6.42. The van der Waals surface area contributed by atoms with Crippen molar-refractivity contribution in [3.63, 3.8) is 0 Å². The summed E-state index contributed by atoms with van der Waals surface area (Å²) < 4.78 is 11.9. The Morgan fingerprint density at radius 1 is 1.18 bits per heavy atom. The summed E-state index contributed by atoms with van der Waals surface area (Å²) in [5, 5.41) is 0.792. The van der Waals surface area contributed by atoms with Gasteiger partial charge in [0.25, 0.3) is 0 Å². The maximum Gasteiger partial charge on any atom is 0.165 e. The van der Waals surface area contributed by atoms with Gasteiger partial charge in [0.05, 0.1) is 13.2 Å². The minimum atomic E-state index is 0.00137. The number of benzene rings is 1. The van der Waals surface area contributed by atoms with Gasteiger partial charge >= 0.3 is 0 Å². The second-order valence-corrected chi connectivity index (χ2v) is 7.28. The maximum atomic E-state index is 6.72. The first-order valence-electron chi connectivity index (χ1n) is 8.41. The lowest BCUT2D eigenvalue weighted by molar-refractivity contribution is 0.295. The molecule has 1 aliphatic carbocycles. The quantitative estimate of drug-likeness (QED) is 0.897. The van der Waals surface area contributed by atoms with Crippen LogP contribution in [0.5, 0.6) is 11.5 Å². The zero-order valence-corrected chi connectivity index (χ0v) is 14.3. The zero-order valence-electron chi connectivity index (χ0n) is 13.6. The molecule has 22 heavy (non-hydrogen) atoms. The van der Waals surface area contributed by atoms with Crippen LogP contribution in [0.15, 0.2) is 6.07 Å². The summed E-state index contributed by atoms with van der Waals surface area (Å²) in [5.74, 6) is 2.01. The maximum absolute atomic E-state index is 6.72. The fourth-order valence-corrected chi connectivity index (χ4v) is 4.40. The Labute approximate surface area is 138 Å². The van der Waals surface area contributed by atoms with E-state index in [9.17, 15) is 0 Å². The van der Waals surface area contributed by atoms with Crippen LogP contribution in [0.4, 0.5) is 0 Å². The van der Waals surface area contributed by atoms with Crippen LogP contribution in [0.3, 0.4) is 0 Å². The van der Waals surface area contributed by atoms with Gasteiger partial charge in [-0.1, -0.05) is 38.3 Å². The molecule has 0 bridgehead atoms. The van der Waals surface area contributed by atoms with Gasteiger partial charge in [-0.05, 0) is 24.3 Å². The average molecular weight is 324 g/mol. The first kappa shape index (κ1) is 15.9. The van der Waals surface area contributed by atoms with Crippen LogP contribution < -0.4 is 15.2 Å². The normalized spacial score (nSPS) is 20.2. The molecule has 0 radical (unpaired) electrons. The van der Waals surface area contributed by atoms with Crippen LogP contribution in [-0.2, 0) is 5.41 Å². The first-order chi connectivity index (χ1) is 10.6. The monoisotopic (exact) mass is 323 g/mol. The number of hydrogen-bond acceptors (Lipinski definition) is 3. The third-order valence-corrected chi connectivity index (χ3v) is 5.38. The van der Waals surface area contributed by atoms with E-state index in [2.05, 4.69) is 13.8 Å². The smallest absolute Gasteiger partial charge is 0.165 e. The molecular formula is C18H26ClNO2. The van der Waals surface area contributed by atoms with E-state index in [-0.39, 0.29) is 5.41 Å². The third-order valence-electron chi connectivity index (χ3n) is 5.09. The van der Waals surface area contributed by atoms with Gasteiger partial charge < -0.3 is 15.2 Å². The van der Waals surface area contributed by atoms with Crippen LogP contribution in [-0.4, -0.2) is 19.8 Å². The topological polar surface area (TPSA) is 44.5 Å². The molecule has 1 aromatic carbocycles. The van der Waals surface area contributed by atoms with E-state index >= 15 is 0 Å². The number of hydrogen-bond donors (Lipinski definition) is 1. The van der Waals surface area contributed by atoms with Gasteiger partial charge in [-0.2, -0.15) is 0 Å². The predicted molar refractivity (Wildman–Crippen MR) is 90.3 cm³/mol. The standard InChI is InChI=1S/C18H26ClNO2/c1-12(2)15-16(18(11-20)6-3-4-7-18)13(19)10-14-17(15)22-9-5-8-21-14/h10,12H,3-9,11,20H2,1-2H3. The van der Waals surface area contributed by atoms with Crippen molar-refractivity contribution in [2.45, 2.75) is 57.3 Å². The molecule has 1 aliphatic heterocycles. The summed E-state index contributed by atoms with van der Waals surface area (Å²) in [6.07, 6.45) is 5.57. The van der Waals surface area contributed by atoms with Crippen LogP contribution in [0.25, 0.3) is 0 Å². The Morgan fingerprint density at radius 3 is 2.50 bits per heavy atom. The van der Waals surface area contributed by atoms with Gasteiger partial charge in [0.15, 0.2) is 11.5 Å². The molecule has 0 atom stereocenters. The molecule has 122 valence electrons. The van der Waals surface area contributed by atoms with E-state index in [1.54, 1.807) is 0 Å². The van der Waals surface area contributed by atoms with E-state index in [1.165, 1.54) is 24.0 Å². The van der Waals surface area contributed by atoms with Crippen molar-refractivity contribution < 1.29 is 9.47 Å². The van der Waals surface area contributed by atoms with Gasteiger partial charge in [0.1, 0.15) is 0 Å². The van der Waals surface area contributed by atoms with E-state index in [0.717, 1.165) is 35.8 Å². The molecule has 0 aromatic heterocycles. The van der Waals surface area contributed by atoms with Crippen molar-refractivity contribution in [2.24, 2.45) is 5.73 Å². The highest BCUT2D eigenvalue weighted by molar-refractivity contribution is 6.32. The van der Waals surface area contributed by atoms with Crippen LogP contribution in [0.2, 0.25) is 5.02 Å². The lowest BCUT2D eigenvalue weighted by Crippen LogP contribution is -2.34. The summed E-state index contributed by atoms with van der Waals surface area (Å²) in [7, 11) is 0. The Bertz CT molecular complexity index is 551. The van der Waals surface area contributed by atoms with Gasteiger partial charge in [0.2, 0.25) is 0 Å². The van der Waals surface area contributed by atoms with E-state index < -0.39 is 0 Å². The van der Waals surface area contributed by atoms with Crippen molar-refractivity contribution in [1.82, 2.24) is 0 Å². The van der Waals surface area contributed by atoms with E-state index in [1.807, 2.05) is 6.07 Å². The van der Waals surface area contributed by atoms with Crippen molar-refractivity contribution in [3.8, 4) is 11.5 Å². The molecule has 4 heteroatoms. The Hall–Kier alpha value is -0.930. The van der Waals surface area contributed by atoms with Crippen molar-refractivity contribution in [3.05, 3.63) is 22.2 Å². The second kappa shape index (κ2) is 6.29. The van der Waals surface area contributed by atoms with Gasteiger partial charge in [0, 0.05) is 35.0 Å². The molecule has 0 spiro atoms. The lowest BCUT2D eigenvalue weighted by Gasteiger charge is -2.33. The lowest BCUT2D eigenvalue weighted by atomic mass is 9.74. The largest absolute Gasteiger partial charge is 0.489 e. The summed E-state index contributed by atoms with van der Waals surface area (Å²) in [5.41, 5.74) is 8.64. The van der Waals surface area contributed by atoms with E-state index in [4.69, 9.17) is 26.8 Å². The molecule has 1 fully saturated rings. The van der Waals surface area contributed by atoms with Crippen molar-refractivity contribution in [1.29, 1.82) is 0 Å². The molecule has 3 rings (SSSR count). The number of nitrogens with two attached hydrogens (primary N) is 1. The van der Waals surface area contributed by atoms with Gasteiger partial charge in [-0.15, -0.1) is 0 Å². The molecule has 3 nitrogen and oxygen atoms in total. The van der Waals surface area contributed by atoms with Crippen molar-refractivity contribution in [2.75, 3.05) is 19.8 Å². The highest BCUT2D eigenvalue weighted by Gasteiger charge is 2.40. The fraction of sp³-hybridized carbons (Fsp3) is 0.667. The molecule has 0 saturated heterocycles. The molecule has 0 amide bonds. The molecule has 2 aliphatic rings. The SMILES string of the molecule is CC(C)c1c2c(cc(Cl)c1C1(CN)CCCC1)OCCCO2.